The first-order chi connectivity index (χ1) is 27.2. The molecule has 0 amide bonds. The van der Waals surface area contributed by atoms with Crippen molar-refractivity contribution < 1.29 is 59.3 Å². The van der Waals surface area contributed by atoms with Crippen molar-refractivity contribution in [1.29, 1.82) is 0 Å². The summed E-state index contributed by atoms with van der Waals surface area (Å²) in [6, 6.07) is 24.8. The van der Waals surface area contributed by atoms with Crippen LogP contribution in [0.15, 0.2) is 103 Å². The molecule has 6 rings (SSSR count). The first-order valence-electron chi connectivity index (χ1n) is 18.7. The summed E-state index contributed by atoms with van der Waals surface area (Å²) in [6.45, 7) is 0.974. The molecule has 3 unspecified atom stereocenters. The van der Waals surface area contributed by atoms with E-state index in [9.17, 15) is 40.3 Å². The Morgan fingerprint density at radius 1 is 0.684 bits per heavy atom. The largest absolute Gasteiger partial charge is 0.508 e. The molecule has 1 aliphatic heterocycles. The van der Waals surface area contributed by atoms with Crippen LogP contribution in [0.25, 0.3) is 0 Å². The number of likely N-dealkylation sites (tertiary alicyclic amines) is 1. The fraction of sp³-hybridized carbons (Fsp3) is 0.395. The molecule has 0 bridgehead atoms. The second-order valence-corrected chi connectivity index (χ2v) is 14.4. The fourth-order valence-electron chi connectivity index (χ4n) is 7.59. The SMILES string of the molecule is O=C(OCc1ccccc1)OC[C@@H](OC1CCC(CN2CCC(C(=O)OCc3ccccc3)CC2)C1c1ccc(F)cc1)c1cc(C(F)(F)F)cc(C(F)(F)F)c1. The Morgan fingerprint density at radius 2 is 1.25 bits per heavy atom. The molecular formula is C43H42F7NO6. The molecule has 0 radical (unpaired) electrons. The number of hydrogen-bond acceptors (Lipinski definition) is 7. The van der Waals surface area contributed by atoms with Crippen LogP contribution >= 0.6 is 0 Å². The molecule has 4 atom stereocenters. The summed E-state index contributed by atoms with van der Waals surface area (Å²) in [7, 11) is 0. The molecule has 7 nitrogen and oxygen atoms in total. The van der Waals surface area contributed by atoms with Crippen LogP contribution in [-0.4, -0.2) is 49.4 Å². The van der Waals surface area contributed by atoms with E-state index in [1.54, 1.807) is 42.5 Å². The number of ether oxygens (including phenoxy) is 4. The van der Waals surface area contributed by atoms with E-state index >= 15 is 0 Å². The van der Waals surface area contributed by atoms with Gasteiger partial charge in [-0.05, 0) is 97.3 Å². The van der Waals surface area contributed by atoms with Gasteiger partial charge < -0.3 is 23.8 Å². The van der Waals surface area contributed by atoms with Gasteiger partial charge >= 0.3 is 24.5 Å². The number of halogens is 7. The van der Waals surface area contributed by atoms with Gasteiger partial charge in [-0.2, -0.15) is 26.3 Å². The quantitative estimate of drug-likeness (QED) is 0.0985. The van der Waals surface area contributed by atoms with E-state index in [-0.39, 0.29) is 37.1 Å². The van der Waals surface area contributed by atoms with E-state index in [0.717, 1.165) is 5.56 Å². The van der Waals surface area contributed by atoms with Crippen LogP contribution in [0, 0.1) is 17.7 Å². The van der Waals surface area contributed by atoms with Crippen LogP contribution in [0.3, 0.4) is 0 Å². The topological polar surface area (TPSA) is 74.3 Å². The summed E-state index contributed by atoms with van der Waals surface area (Å²) in [5.74, 6) is -1.61. The molecule has 4 aromatic rings. The third-order valence-electron chi connectivity index (χ3n) is 10.5. The van der Waals surface area contributed by atoms with E-state index in [1.807, 2.05) is 30.3 Å². The minimum Gasteiger partial charge on any atom is -0.461 e. The molecule has 2 aliphatic rings. The lowest BCUT2D eigenvalue weighted by atomic mass is 9.86. The Balaban J connectivity index is 1.20. The number of carbonyl (C=O) groups excluding carboxylic acids is 2. The molecule has 1 saturated heterocycles. The minimum atomic E-state index is -5.13. The van der Waals surface area contributed by atoms with Gasteiger partial charge in [0.1, 0.15) is 31.7 Å². The summed E-state index contributed by atoms with van der Waals surface area (Å²) in [5, 5.41) is 0. The van der Waals surface area contributed by atoms with Gasteiger partial charge in [-0.15, -0.1) is 0 Å². The lowest BCUT2D eigenvalue weighted by Gasteiger charge is -2.35. The van der Waals surface area contributed by atoms with Gasteiger partial charge in [0.2, 0.25) is 0 Å². The van der Waals surface area contributed by atoms with Crippen molar-refractivity contribution in [3.05, 3.63) is 142 Å². The number of esters is 1. The van der Waals surface area contributed by atoms with Gasteiger partial charge in [0, 0.05) is 12.5 Å². The monoisotopic (exact) mass is 801 g/mol. The highest BCUT2D eigenvalue weighted by molar-refractivity contribution is 5.72. The zero-order chi connectivity index (χ0) is 40.6. The van der Waals surface area contributed by atoms with Gasteiger partial charge in [-0.25, -0.2) is 9.18 Å². The maximum Gasteiger partial charge on any atom is 0.508 e. The lowest BCUT2D eigenvalue weighted by Crippen LogP contribution is -2.40. The lowest BCUT2D eigenvalue weighted by molar-refractivity contribution is -0.151. The van der Waals surface area contributed by atoms with Crippen LogP contribution in [0.4, 0.5) is 35.5 Å². The van der Waals surface area contributed by atoms with E-state index in [0.29, 0.717) is 68.6 Å². The van der Waals surface area contributed by atoms with Gasteiger partial charge in [-0.1, -0.05) is 72.8 Å². The molecule has 0 N–H and O–H groups in total. The van der Waals surface area contributed by atoms with Gasteiger partial charge in [0.05, 0.1) is 23.1 Å². The first-order valence-corrected chi connectivity index (χ1v) is 18.7. The Morgan fingerprint density at radius 3 is 1.81 bits per heavy atom. The molecule has 1 saturated carbocycles. The van der Waals surface area contributed by atoms with Crippen molar-refractivity contribution in [3.8, 4) is 0 Å². The average Bonchev–Trinajstić information content (AvgIpc) is 3.59. The van der Waals surface area contributed by atoms with Crippen LogP contribution < -0.4 is 0 Å². The Hall–Kier alpha value is -4.95. The second-order valence-electron chi connectivity index (χ2n) is 14.4. The fourth-order valence-corrected chi connectivity index (χ4v) is 7.59. The number of carbonyl (C=O) groups is 2. The van der Waals surface area contributed by atoms with E-state index < -0.39 is 65.7 Å². The van der Waals surface area contributed by atoms with Crippen molar-refractivity contribution in [1.82, 2.24) is 4.90 Å². The summed E-state index contributed by atoms with van der Waals surface area (Å²) in [5.41, 5.74) is -1.39. The van der Waals surface area contributed by atoms with Crippen molar-refractivity contribution in [3.63, 3.8) is 0 Å². The van der Waals surface area contributed by atoms with E-state index in [4.69, 9.17) is 18.9 Å². The van der Waals surface area contributed by atoms with Crippen LogP contribution in [0.5, 0.6) is 0 Å². The Bertz CT molecular complexity index is 1880. The van der Waals surface area contributed by atoms with Crippen molar-refractivity contribution in [2.75, 3.05) is 26.2 Å². The molecule has 4 aromatic carbocycles. The molecule has 0 spiro atoms. The second kappa shape index (κ2) is 18.5. The molecular weight excluding hydrogens is 759 g/mol. The molecule has 1 heterocycles. The zero-order valence-corrected chi connectivity index (χ0v) is 30.8. The van der Waals surface area contributed by atoms with Gasteiger partial charge in [-0.3, -0.25) is 4.79 Å². The number of nitrogens with zero attached hydrogens (tertiary/aromatic N) is 1. The van der Waals surface area contributed by atoms with Crippen molar-refractivity contribution >= 4 is 12.1 Å². The Labute approximate surface area is 325 Å². The molecule has 2 fully saturated rings. The summed E-state index contributed by atoms with van der Waals surface area (Å²) in [6.07, 6.45) is -11.7. The summed E-state index contributed by atoms with van der Waals surface area (Å²) < 4.78 is 120. The normalized spacial score (nSPS) is 19.9. The number of benzene rings is 4. The molecule has 0 aromatic heterocycles. The van der Waals surface area contributed by atoms with E-state index in [1.165, 1.54) is 12.1 Å². The number of alkyl halides is 6. The third-order valence-corrected chi connectivity index (χ3v) is 10.5. The highest BCUT2D eigenvalue weighted by Gasteiger charge is 2.42. The smallest absolute Gasteiger partial charge is 0.461 e. The number of hydrogen-bond donors (Lipinski definition) is 0. The highest BCUT2D eigenvalue weighted by atomic mass is 19.4. The summed E-state index contributed by atoms with van der Waals surface area (Å²) in [4.78, 5) is 27.7. The van der Waals surface area contributed by atoms with Crippen molar-refractivity contribution in [2.24, 2.45) is 11.8 Å². The van der Waals surface area contributed by atoms with Gasteiger partial charge in [0.15, 0.2) is 0 Å². The number of piperidine rings is 1. The third kappa shape index (κ3) is 11.6. The van der Waals surface area contributed by atoms with Crippen LogP contribution in [-0.2, 0) is 49.3 Å². The standard InChI is InChI=1S/C43H42F7NO6/c44-36-14-11-30(12-15-36)39-32(24-51-19-17-31(18-20-51)40(52)54-25-28-7-3-1-4-8-28)13-16-37(39)57-38(27-56-41(53)55-26-29-9-5-2-6-10-29)33-21-34(42(45,46)47)23-35(22-33)43(48,49)50/h1-12,14-15,21-23,31-32,37-39H,13,16-20,24-27H2/t32?,37?,38-,39?/m1/s1. The highest BCUT2D eigenvalue weighted by Crippen LogP contribution is 2.45. The van der Waals surface area contributed by atoms with E-state index in [2.05, 4.69) is 4.90 Å². The first kappa shape index (κ1) is 41.7. The predicted molar refractivity (Wildman–Crippen MR) is 194 cm³/mol. The average molecular weight is 802 g/mol. The van der Waals surface area contributed by atoms with Gasteiger partial charge in [0.25, 0.3) is 0 Å². The maximum absolute atomic E-state index is 14.1. The summed E-state index contributed by atoms with van der Waals surface area (Å²) >= 11 is 0. The number of rotatable bonds is 13. The molecule has 14 heteroatoms. The minimum absolute atomic E-state index is 0.0224. The van der Waals surface area contributed by atoms with Crippen LogP contribution in [0.2, 0.25) is 0 Å². The molecule has 1 aliphatic carbocycles. The maximum atomic E-state index is 14.1. The molecule has 304 valence electrons. The predicted octanol–water partition coefficient (Wildman–Crippen LogP) is 10.3. The Kier molecular flexibility index (Phi) is 13.6. The van der Waals surface area contributed by atoms with Crippen LogP contribution in [0.1, 0.15) is 71.1 Å². The zero-order valence-electron chi connectivity index (χ0n) is 30.8. The molecule has 57 heavy (non-hydrogen) atoms. The van der Waals surface area contributed by atoms with Crippen molar-refractivity contribution in [2.45, 2.75) is 69.4 Å².